The van der Waals surface area contributed by atoms with Crippen molar-refractivity contribution in [3.8, 4) is 0 Å². The highest BCUT2D eigenvalue weighted by atomic mass is 19.1. The first-order valence-corrected chi connectivity index (χ1v) is 2.12. The van der Waals surface area contributed by atoms with E-state index in [1.807, 2.05) is 0 Å². The van der Waals surface area contributed by atoms with Crippen LogP contribution in [0.4, 0.5) is 4.39 Å². The number of imide groups is 1. The smallest absolute Gasteiger partial charge is 0.272 e. The van der Waals surface area contributed by atoms with Gasteiger partial charge in [-0.15, -0.1) is 0 Å². The van der Waals surface area contributed by atoms with Crippen molar-refractivity contribution in [1.82, 2.24) is 5.32 Å². The number of rotatable bonds is 0. The van der Waals surface area contributed by atoms with Gasteiger partial charge in [0.1, 0.15) is 0 Å². The second-order valence-corrected chi connectivity index (χ2v) is 1.52. The Labute approximate surface area is 44.9 Å². The maximum Gasteiger partial charge on any atom is 0.283 e. The number of carbonyl (C=O) groups is 2. The van der Waals surface area contributed by atoms with Crippen molar-refractivity contribution in [2.75, 3.05) is 0 Å². The summed E-state index contributed by atoms with van der Waals surface area (Å²) < 4.78 is 11.9. The van der Waals surface area contributed by atoms with E-state index >= 15 is 0 Å². The number of amides is 2. The SMILES string of the molecule is O=C1CC(F)C(=O)[N]1. The van der Waals surface area contributed by atoms with E-state index in [0.29, 0.717) is 0 Å². The molecular weight excluding hydrogens is 113 g/mol. The van der Waals surface area contributed by atoms with Crippen molar-refractivity contribution in [2.24, 2.45) is 0 Å². The molecule has 3 nitrogen and oxygen atoms in total. The average Bonchev–Trinajstić information content (AvgIpc) is 1.85. The zero-order valence-corrected chi connectivity index (χ0v) is 3.93. The quantitative estimate of drug-likeness (QED) is 0.396. The summed E-state index contributed by atoms with van der Waals surface area (Å²) in [5, 5.41) is 2.82. The molecular formula is C4H3FNO2. The van der Waals surface area contributed by atoms with E-state index in [0.717, 1.165) is 0 Å². The first kappa shape index (κ1) is 5.21. The molecule has 1 radical (unpaired) electrons. The van der Waals surface area contributed by atoms with E-state index in [1.54, 1.807) is 0 Å². The van der Waals surface area contributed by atoms with Crippen molar-refractivity contribution in [3.05, 3.63) is 0 Å². The highest BCUT2D eigenvalue weighted by Crippen LogP contribution is 2.05. The minimum Gasteiger partial charge on any atom is -0.272 e. The lowest BCUT2D eigenvalue weighted by atomic mass is 10.3. The normalized spacial score (nSPS) is 28.4. The largest absolute Gasteiger partial charge is 0.283 e. The molecule has 43 valence electrons. The van der Waals surface area contributed by atoms with Gasteiger partial charge >= 0.3 is 0 Å². The number of hydrogen-bond acceptors (Lipinski definition) is 2. The zero-order chi connectivity index (χ0) is 6.15. The molecule has 0 aromatic heterocycles. The predicted molar refractivity (Wildman–Crippen MR) is 21.7 cm³/mol. The monoisotopic (exact) mass is 116 g/mol. The summed E-state index contributed by atoms with van der Waals surface area (Å²) in [7, 11) is 0. The molecule has 0 aliphatic carbocycles. The molecule has 0 spiro atoms. The second-order valence-electron chi connectivity index (χ2n) is 1.52. The first-order chi connectivity index (χ1) is 3.70. The van der Waals surface area contributed by atoms with Crippen LogP contribution in [0.2, 0.25) is 0 Å². The Hall–Kier alpha value is -0.930. The number of hydrogen-bond donors (Lipinski definition) is 0. The third-order valence-electron chi connectivity index (χ3n) is 0.857. The fourth-order valence-electron chi connectivity index (χ4n) is 0.479. The van der Waals surface area contributed by atoms with Gasteiger partial charge in [-0.05, 0) is 0 Å². The number of halogens is 1. The van der Waals surface area contributed by atoms with Crippen LogP contribution in [-0.4, -0.2) is 18.0 Å². The minimum absolute atomic E-state index is 0.362. The molecule has 1 unspecified atom stereocenters. The zero-order valence-electron chi connectivity index (χ0n) is 3.93. The van der Waals surface area contributed by atoms with Crippen LogP contribution in [0, 0.1) is 0 Å². The summed E-state index contributed by atoms with van der Waals surface area (Å²) >= 11 is 0. The maximum absolute atomic E-state index is 11.9. The maximum atomic E-state index is 11.9. The second kappa shape index (κ2) is 1.54. The fourth-order valence-corrected chi connectivity index (χ4v) is 0.479. The van der Waals surface area contributed by atoms with E-state index in [1.165, 1.54) is 0 Å². The summed E-state index contributed by atoms with van der Waals surface area (Å²) in [6.45, 7) is 0. The van der Waals surface area contributed by atoms with Gasteiger partial charge in [0.05, 0.1) is 6.42 Å². The lowest BCUT2D eigenvalue weighted by Gasteiger charge is -1.82. The van der Waals surface area contributed by atoms with E-state index in [9.17, 15) is 14.0 Å². The van der Waals surface area contributed by atoms with Gasteiger partial charge < -0.3 is 0 Å². The van der Waals surface area contributed by atoms with Gasteiger partial charge in [0.15, 0.2) is 6.17 Å². The molecule has 1 rings (SSSR count). The van der Waals surface area contributed by atoms with Gasteiger partial charge in [0, 0.05) is 0 Å². The Morgan fingerprint density at radius 2 is 2.25 bits per heavy atom. The van der Waals surface area contributed by atoms with Gasteiger partial charge in [-0.25, -0.2) is 4.39 Å². The van der Waals surface area contributed by atoms with E-state index < -0.39 is 18.0 Å². The van der Waals surface area contributed by atoms with Crippen molar-refractivity contribution < 1.29 is 14.0 Å². The molecule has 8 heavy (non-hydrogen) atoms. The third kappa shape index (κ3) is 0.685. The Bertz CT molecular complexity index is 145. The van der Waals surface area contributed by atoms with Gasteiger partial charge in [0.25, 0.3) is 11.8 Å². The Kier molecular flexibility index (Phi) is 1.00. The predicted octanol–water partition coefficient (Wildman–Crippen LogP) is -0.614. The first-order valence-electron chi connectivity index (χ1n) is 2.12. The number of alkyl halides is 1. The molecule has 0 bridgehead atoms. The third-order valence-corrected chi connectivity index (χ3v) is 0.857. The molecule has 1 atom stereocenters. The van der Waals surface area contributed by atoms with Crippen molar-refractivity contribution in [1.29, 1.82) is 0 Å². The fraction of sp³-hybridized carbons (Fsp3) is 0.500. The van der Waals surface area contributed by atoms with Crippen LogP contribution in [0.5, 0.6) is 0 Å². The molecule has 1 saturated heterocycles. The molecule has 4 heteroatoms. The molecule has 0 saturated carbocycles. The van der Waals surface area contributed by atoms with Crippen LogP contribution in [0.15, 0.2) is 0 Å². The summed E-state index contributed by atoms with van der Waals surface area (Å²) in [5.41, 5.74) is 0. The Balaban J connectivity index is 2.64. The highest BCUT2D eigenvalue weighted by Gasteiger charge is 2.31. The molecule has 1 fully saturated rings. The molecule has 1 aliphatic heterocycles. The van der Waals surface area contributed by atoms with Crippen LogP contribution in [0.1, 0.15) is 6.42 Å². The molecule has 0 aromatic rings. The Morgan fingerprint density at radius 3 is 2.38 bits per heavy atom. The summed E-state index contributed by atoms with van der Waals surface area (Å²) in [5.74, 6) is -1.59. The van der Waals surface area contributed by atoms with Gasteiger partial charge in [-0.2, -0.15) is 5.32 Å². The van der Waals surface area contributed by atoms with E-state index in [4.69, 9.17) is 0 Å². The number of nitrogens with zero attached hydrogens (tertiary/aromatic N) is 1. The van der Waals surface area contributed by atoms with Crippen LogP contribution in [0.25, 0.3) is 0 Å². The van der Waals surface area contributed by atoms with Crippen LogP contribution < -0.4 is 5.32 Å². The number of carbonyl (C=O) groups excluding carboxylic acids is 2. The lowest BCUT2D eigenvalue weighted by Crippen LogP contribution is -2.14. The minimum atomic E-state index is -1.66. The standard InChI is InChI=1S/C4H3FNO2/c5-2-1-3(7)6-4(2)8/h2H,1H2. The Morgan fingerprint density at radius 1 is 1.62 bits per heavy atom. The topological polar surface area (TPSA) is 48.2 Å². The highest BCUT2D eigenvalue weighted by molar-refractivity contribution is 6.04. The molecule has 2 amide bonds. The van der Waals surface area contributed by atoms with Crippen LogP contribution >= 0.6 is 0 Å². The summed E-state index contributed by atoms with van der Waals surface area (Å²) in [6.07, 6.45) is -2.03. The lowest BCUT2D eigenvalue weighted by molar-refractivity contribution is -0.126. The summed E-state index contributed by atoms with van der Waals surface area (Å²) in [4.78, 5) is 20.1. The van der Waals surface area contributed by atoms with Crippen molar-refractivity contribution in [2.45, 2.75) is 12.6 Å². The van der Waals surface area contributed by atoms with Crippen molar-refractivity contribution in [3.63, 3.8) is 0 Å². The summed E-state index contributed by atoms with van der Waals surface area (Å²) in [6, 6.07) is 0. The van der Waals surface area contributed by atoms with E-state index in [2.05, 4.69) is 5.32 Å². The van der Waals surface area contributed by atoms with Gasteiger partial charge in [-0.1, -0.05) is 0 Å². The molecule has 0 N–H and O–H groups in total. The average molecular weight is 116 g/mol. The van der Waals surface area contributed by atoms with Gasteiger partial charge in [0.2, 0.25) is 0 Å². The van der Waals surface area contributed by atoms with Crippen molar-refractivity contribution >= 4 is 11.8 Å². The molecule has 1 aliphatic rings. The molecule has 0 aromatic carbocycles. The van der Waals surface area contributed by atoms with Crippen LogP contribution in [0.3, 0.4) is 0 Å². The van der Waals surface area contributed by atoms with Crippen LogP contribution in [-0.2, 0) is 9.59 Å². The van der Waals surface area contributed by atoms with Gasteiger partial charge in [-0.3, -0.25) is 9.59 Å². The van der Waals surface area contributed by atoms with E-state index in [-0.39, 0.29) is 6.42 Å². The molecule has 1 heterocycles.